The molecule has 1 amide bonds. The summed E-state index contributed by atoms with van der Waals surface area (Å²) in [6, 6.07) is 41.9. The molecule has 2 atom stereocenters. The molecule has 1 fully saturated rings. The van der Waals surface area contributed by atoms with Crippen molar-refractivity contribution in [3.05, 3.63) is 143 Å². The molecule has 6 nitrogen and oxygen atoms in total. The van der Waals surface area contributed by atoms with Crippen molar-refractivity contribution in [3.63, 3.8) is 0 Å². The molecule has 0 radical (unpaired) electrons. The average Bonchev–Trinajstić information content (AvgIpc) is 3.08. The van der Waals surface area contributed by atoms with Crippen LogP contribution in [0.4, 0.5) is 0 Å². The number of hydrogen-bond acceptors (Lipinski definition) is 3. The van der Waals surface area contributed by atoms with Gasteiger partial charge in [0.25, 0.3) is 0 Å². The van der Waals surface area contributed by atoms with Crippen molar-refractivity contribution >= 4 is 34.2 Å². The number of rotatable bonds is 11. The first-order valence-corrected chi connectivity index (χ1v) is 16.8. The van der Waals surface area contributed by atoms with Crippen molar-refractivity contribution in [2.75, 3.05) is 19.6 Å². The fourth-order valence-corrected chi connectivity index (χ4v) is 6.94. The number of amides is 1. The van der Waals surface area contributed by atoms with Crippen molar-refractivity contribution in [2.45, 2.75) is 44.3 Å². The monoisotopic (exact) mass is 643 g/mol. The zero-order chi connectivity index (χ0) is 32.6. The van der Waals surface area contributed by atoms with Gasteiger partial charge in [-0.1, -0.05) is 121 Å². The van der Waals surface area contributed by atoms with Gasteiger partial charge in [-0.05, 0) is 70.0 Å². The maximum Gasteiger partial charge on any atom is 0.227 e. The molecule has 0 aliphatic carbocycles. The molecule has 1 aliphatic heterocycles. The van der Waals surface area contributed by atoms with Gasteiger partial charge in [-0.15, -0.1) is 0 Å². The van der Waals surface area contributed by atoms with E-state index in [1.165, 1.54) is 22.1 Å². The summed E-state index contributed by atoms with van der Waals surface area (Å²) in [4.78, 5) is 19.0. The fourth-order valence-electron chi connectivity index (χ4n) is 6.82. The zero-order valence-corrected chi connectivity index (χ0v) is 27.4. The van der Waals surface area contributed by atoms with Crippen LogP contribution < -0.4 is 11.1 Å². The number of piperazine rings is 1. The highest BCUT2D eigenvalue weighted by atomic mass is 35.5. The fraction of sp³-hybridized carbons (Fsp3) is 0.250. The van der Waals surface area contributed by atoms with E-state index in [9.17, 15) is 4.79 Å². The molecule has 0 saturated carbocycles. The smallest absolute Gasteiger partial charge is 0.227 e. The Bertz CT molecular complexity index is 1810. The second-order valence-electron chi connectivity index (χ2n) is 12.5. The maximum atomic E-state index is 14.2. The van der Waals surface area contributed by atoms with Crippen molar-refractivity contribution in [1.29, 1.82) is 5.41 Å². The molecule has 5 aromatic carbocycles. The lowest BCUT2D eigenvalue weighted by Gasteiger charge is -2.47. The van der Waals surface area contributed by atoms with E-state index in [0.29, 0.717) is 19.5 Å². The van der Waals surface area contributed by atoms with Crippen LogP contribution in [0.1, 0.15) is 29.5 Å². The van der Waals surface area contributed by atoms with Crippen LogP contribution in [0.5, 0.6) is 0 Å². The SMILES string of the molecule is N=C(N)NCCCC1CN(C(=O)Cc2ccc3ccccc3c2)C(Cc2ccccc2)CN1Cc1ccccc1-c1ccc(Cl)cc1. The Kier molecular flexibility index (Phi) is 10.5. The van der Waals surface area contributed by atoms with Crippen molar-refractivity contribution in [2.24, 2.45) is 5.73 Å². The second-order valence-corrected chi connectivity index (χ2v) is 12.9. The number of carbonyl (C=O) groups is 1. The third kappa shape index (κ3) is 8.39. The number of nitrogens with one attached hydrogen (secondary N) is 2. The van der Waals surface area contributed by atoms with E-state index < -0.39 is 0 Å². The lowest BCUT2D eigenvalue weighted by molar-refractivity contribution is -0.137. The Morgan fingerprint density at radius 2 is 1.53 bits per heavy atom. The topological polar surface area (TPSA) is 85.5 Å². The van der Waals surface area contributed by atoms with Crippen LogP contribution in [-0.2, 0) is 24.2 Å². The van der Waals surface area contributed by atoms with Crippen molar-refractivity contribution in [1.82, 2.24) is 15.1 Å². The molecular formula is C40H42ClN5O. The zero-order valence-electron chi connectivity index (χ0n) is 26.6. The summed E-state index contributed by atoms with van der Waals surface area (Å²) in [5, 5.41) is 13.6. The number of fused-ring (bicyclic) bond motifs is 1. The highest BCUT2D eigenvalue weighted by molar-refractivity contribution is 6.30. The number of carbonyl (C=O) groups excluding carboxylic acids is 1. The number of benzene rings is 5. The number of halogens is 1. The summed E-state index contributed by atoms with van der Waals surface area (Å²) in [5.41, 5.74) is 11.4. The quantitative estimate of drug-likeness (QED) is 0.0802. The van der Waals surface area contributed by atoms with Gasteiger partial charge < -0.3 is 16.0 Å². The summed E-state index contributed by atoms with van der Waals surface area (Å²) in [7, 11) is 0. The third-order valence-electron chi connectivity index (χ3n) is 9.19. The second kappa shape index (κ2) is 15.3. The molecule has 7 heteroatoms. The van der Waals surface area contributed by atoms with Crippen molar-refractivity contribution < 1.29 is 4.79 Å². The molecule has 4 N–H and O–H groups in total. The summed E-state index contributed by atoms with van der Waals surface area (Å²) in [6.07, 6.45) is 2.88. The average molecular weight is 644 g/mol. The summed E-state index contributed by atoms with van der Waals surface area (Å²) in [6.45, 7) is 2.80. The Morgan fingerprint density at radius 1 is 0.809 bits per heavy atom. The van der Waals surface area contributed by atoms with E-state index in [0.717, 1.165) is 53.9 Å². The summed E-state index contributed by atoms with van der Waals surface area (Å²) >= 11 is 6.23. The van der Waals surface area contributed by atoms with Crippen LogP contribution in [0.15, 0.2) is 121 Å². The first-order valence-electron chi connectivity index (χ1n) is 16.4. The number of guanidine groups is 1. The Balaban J connectivity index is 1.29. The molecule has 0 aromatic heterocycles. The third-order valence-corrected chi connectivity index (χ3v) is 9.44. The van der Waals surface area contributed by atoms with Crippen LogP contribution in [0.25, 0.3) is 21.9 Å². The summed E-state index contributed by atoms with van der Waals surface area (Å²) in [5.74, 6) is 0.145. The molecule has 0 spiro atoms. The molecule has 240 valence electrons. The number of nitrogens with two attached hydrogens (primary N) is 1. The van der Waals surface area contributed by atoms with Crippen LogP contribution in [0.2, 0.25) is 5.02 Å². The predicted molar refractivity (Wildman–Crippen MR) is 194 cm³/mol. The molecule has 1 aliphatic rings. The highest BCUT2D eigenvalue weighted by Crippen LogP contribution is 2.30. The Hall–Kier alpha value is -4.65. The van der Waals surface area contributed by atoms with Crippen LogP contribution in [-0.4, -0.2) is 53.4 Å². The molecule has 2 unspecified atom stereocenters. The molecule has 0 bridgehead atoms. The van der Waals surface area contributed by atoms with Gasteiger partial charge in [0.2, 0.25) is 5.91 Å². The highest BCUT2D eigenvalue weighted by Gasteiger charge is 2.36. The first-order chi connectivity index (χ1) is 22.9. The van der Waals surface area contributed by atoms with E-state index in [1.54, 1.807) is 0 Å². The minimum Gasteiger partial charge on any atom is -0.370 e. The largest absolute Gasteiger partial charge is 0.370 e. The van der Waals surface area contributed by atoms with Gasteiger partial charge in [-0.2, -0.15) is 0 Å². The number of hydrogen-bond donors (Lipinski definition) is 3. The van der Waals surface area contributed by atoms with Gasteiger partial charge in [-0.25, -0.2) is 0 Å². The maximum absolute atomic E-state index is 14.2. The minimum absolute atomic E-state index is 0.0162. The van der Waals surface area contributed by atoms with E-state index in [-0.39, 0.29) is 24.0 Å². The predicted octanol–water partition coefficient (Wildman–Crippen LogP) is 7.29. The normalized spacial score (nSPS) is 16.7. The first kappa shape index (κ1) is 32.3. The van der Waals surface area contributed by atoms with E-state index >= 15 is 0 Å². The van der Waals surface area contributed by atoms with Gasteiger partial charge in [0, 0.05) is 43.3 Å². The molecular weight excluding hydrogens is 602 g/mol. The van der Waals surface area contributed by atoms with Crippen molar-refractivity contribution in [3.8, 4) is 11.1 Å². The van der Waals surface area contributed by atoms with Crippen LogP contribution in [0, 0.1) is 5.41 Å². The van der Waals surface area contributed by atoms with E-state index in [1.807, 2.05) is 30.3 Å². The molecule has 47 heavy (non-hydrogen) atoms. The van der Waals surface area contributed by atoms with E-state index in [4.69, 9.17) is 22.7 Å². The van der Waals surface area contributed by atoms with E-state index in [2.05, 4.69) is 106 Å². The van der Waals surface area contributed by atoms with Gasteiger partial charge >= 0.3 is 0 Å². The minimum atomic E-state index is -0.0162. The number of nitrogens with zero attached hydrogens (tertiary/aromatic N) is 2. The van der Waals surface area contributed by atoms with Gasteiger partial charge in [0.05, 0.1) is 6.42 Å². The Labute approximate surface area is 282 Å². The van der Waals surface area contributed by atoms with Crippen LogP contribution in [0.3, 0.4) is 0 Å². The lowest BCUT2D eigenvalue weighted by Crippen LogP contribution is -2.60. The van der Waals surface area contributed by atoms with Crippen LogP contribution >= 0.6 is 11.6 Å². The van der Waals surface area contributed by atoms with Gasteiger partial charge in [0.15, 0.2) is 5.96 Å². The molecule has 1 saturated heterocycles. The molecule has 1 heterocycles. The van der Waals surface area contributed by atoms with Gasteiger partial charge in [0.1, 0.15) is 0 Å². The molecule has 5 aromatic rings. The molecule has 6 rings (SSSR count). The van der Waals surface area contributed by atoms with Gasteiger partial charge in [-0.3, -0.25) is 15.1 Å². The summed E-state index contributed by atoms with van der Waals surface area (Å²) < 4.78 is 0. The lowest BCUT2D eigenvalue weighted by atomic mass is 9.94. The standard InChI is InChI=1S/C40H42ClN5O/c41-35-20-18-32(19-21-35)38-15-7-6-13-34(38)26-45-27-37(24-29-9-2-1-3-10-29)46(28-36(45)14-8-22-44-40(42)43)39(47)25-30-16-17-31-11-4-5-12-33(31)23-30/h1-7,9-13,15-21,23,36-37H,8,14,22,24-28H2,(H4,42,43,44). The Morgan fingerprint density at radius 3 is 2.32 bits per heavy atom.